The van der Waals surface area contributed by atoms with Crippen LogP contribution in [0.4, 0.5) is 0 Å². The van der Waals surface area contributed by atoms with Crippen LogP contribution in [0.3, 0.4) is 0 Å². The Kier molecular flexibility index (Phi) is 9.20. The van der Waals surface area contributed by atoms with Crippen LogP contribution in [-0.2, 0) is 5.11 Å². The van der Waals surface area contributed by atoms with E-state index in [0.717, 1.165) is 12.7 Å². The van der Waals surface area contributed by atoms with Crippen LogP contribution in [0, 0.1) is 0 Å². The molecule has 0 aromatic carbocycles. The van der Waals surface area contributed by atoms with E-state index in [1.54, 1.807) is 6.08 Å². The van der Waals surface area contributed by atoms with Crippen molar-refractivity contribution in [3.8, 4) is 0 Å². The molecule has 0 rings (SSSR count). The second-order valence-corrected chi connectivity index (χ2v) is 2.64. The van der Waals surface area contributed by atoms with Crippen LogP contribution in [-0.4, -0.2) is 0 Å². The van der Waals surface area contributed by atoms with Crippen molar-refractivity contribution < 1.29 is 5.11 Å². The van der Waals surface area contributed by atoms with E-state index in [1.807, 2.05) is 12.2 Å². The van der Waals surface area contributed by atoms with Gasteiger partial charge in [0.1, 0.15) is 6.26 Å². The van der Waals surface area contributed by atoms with Gasteiger partial charge in [0.05, 0.1) is 0 Å². The first-order valence-electron chi connectivity index (χ1n) is 4.52. The molecule has 0 saturated heterocycles. The molecule has 12 heavy (non-hydrogen) atoms. The summed E-state index contributed by atoms with van der Waals surface area (Å²) in [5, 5.41) is 9.85. The maximum absolute atomic E-state index is 9.85. The third kappa shape index (κ3) is 9.02. The molecule has 0 fully saturated rings. The third-order valence-corrected chi connectivity index (χ3v) is 1.52. The second-order valence-electron chi connectivity index (χ2n) is 2.64. The van der Waals surface area contributed by atoms with Gasteiger partial charge < -0.3 is 0 Å². The lowest BCUT2D eigenvalue weighted by Gasteiger charge is -1.89. The van der Waals surface area contributed by atoms with E-state index in [-0.39, 0.29) is 0 Å². The first-order valence-corrected chi connectivity index (χ1v) is 4.52. The Morgan fingerprint density at radius 1 is 1.00 bits per heavy atom. The van der Waals surface area contributed by atoms with Gasteiger partial charge in [0.2, 0.25) is 0 Å². The fourth-order valence-electron chi connectivity index (χ4n) is 0.861. The number of rotatable bonds is 6. The van der Waals surface area contributed by atoms with Gasteiger partial charge in [0.25, 0.3) is 0 Å². The highest BCUT2D eigenvalue weighted by molar-refractivity contribution is 5.09. The largest absolute Gasteiger partial charge is 0.299 e. The van der Waals surface area contributed by atoms with Crippen molar-refractivity contribution in [1.29, 1.82) is 0 Å². The zero-order valence-electron chi connectivity index (χ0n) is 7.70. The summed E-state index contributed by atoms with van der Waals surface area (Å²) in [6.07, 6.45) is 15.0. The van der Waals surface area contributed by atoms with Crippen molar-refractivity contribution >= 4 is 0 Å². The molecular formula is C11H17O. The molecule has 1 radical (unpaired) electrons. The fourth-order valence-corrected chi connectivity index (χ4v) is 0.861. The third-order valence-electron chi connectivity index (χ3n) is 1.52. The molecule has 0 aromatic heterocycles. The topological polar surface area (TPSA) is 19.9 Å². The van der Waals surface area contributed by atoms with Gasteiger partial charge in [-0.15, -0.1) is 0 Å². The van der Waals surface area contributed by atoms with E-state index in [0.29, 0.717) is 0 Å². The molecule has 0 amide bonds. The smallest absolute Gasteiger partial charge is 0.142 e. The lowest BCUT2D eigenvalue weighted by Crippen LogP contribution is -1.69. The quantitative estimate of drug-likeness (QED) is 0.325. The number of hydrogen-bond acceptors (Lipinski definition) is 0. The van der Waals surface area contributed by atoms with Crippen LogP contribution >= 0.6 is 0 Å². The molecule has 0 unspecified atom stereocenters. The van der Waals surface area contributed by atoms with Crippen LogP contribution in [0.5, 0.6) is 0 Å². The number of hydrogen-bond donors (Lipinski definition) is 0. The van der Waals surface area contributed by atoms with Crippen LogP contribution in [0.2, 0.25) is 0 Å². The molecule has 0 bridgehead atoms. The summed E-state index contributed by atoms with van der Waals surface area (Å²) in [7, 11) is 0. The van der Waals surface area contributed by atoms with Gasteiger partial charge in [-0.1, -0.05) is 44.1 Å². The van der Waals surface area contributed by atoms with Gasteiger partial charge in [-0.2, -0.15) is 0 Å². The highest BCUT2D eigenvalue weighted by atomic mass is 16.2. The fraction of sp³-hybridized carbons (Fsp3) is 0.455. The highest BCUT2D eigenvalue weighted by Crippen LogP contribution is 1.99. The molecule has 1 heteroatoms. The van der Waals surface area contributed by atoms with E-state index >= 15 is 0 Å². The normalized spacial score (nSPS) is 12.4. The number of allylic oxidation sites excluding steroid dienone is 5. The Morgan fingerprint density at radius 3 is 2.42 bits per heavy atom. The standard InChI is InChI=1S/C11H17O/c1-2-3-4-5-6-7-8-9-10-11-12/h6-11H,2-5H2,1H3. The van der Waals surface area contributed by atoms with Crippen LogP contribution < -0.4 is 0 Å². The molecule has 0 aliphatic carbocycles. The average molecular weight is 165 g/mol. The summed E-state index contributed by atoms with van der Waals surface area (Å²) in [6.45, 7) is 2.20. The first-order chi connectivity index (χ1) is 5.91. The number of unbranched alkanes of at least 4 members (excludes halogenated alkanes) is 3. The van der Waals surface area contributed by atoms with E-state index in [9.17, 15) is 5.11 Å². The van der Waals surface area contributed by atoms with Crippen molar-refractivity contribution in [2.75, 3.05) is 0 Å². The monoisotopic (exact) mass is 165 g/mol. The Labute approximate surface area is 75.1 Å². The van der Waals surface area contributed by atoms with Gasteiger partial charge in [0, 0.05) is 0 Å². The van der Waals surface area contributed by atoms with Crippen molar-refractivity contribution in [2.45, 2.75) is 32.6 Å². The van der Waals surface area contributed by atoms with E-state index in [1.165, 1.54) is 25.3 Å². The predicted octanol–water partition coefficient (Wildman–Crippen LogP) is 3.62. The van der Waals surface area contributed by atoms with Crippen molar-refractivity contribution in [1.82, 2.24) is 0 Å². The molecule has 0 saturated carbocycles. The molecule has 0 N–H and O–H groups in total. The molecule has 0 spiro atoms. The van der Waals surface area contributed by atoms with Gasteiger partial charge >= 0.3 is 0 Å². The molecular weight excluding hydrogens is 148 g/mol. The van der Waals surface area contributed by atoms with Crippen molar-refractivity contribution in [3.05, 3.63) is 36.6 Å². The molecule has 1 nitrogen and oxygen atoms in total. The summed E-state index contributed by atoms with van der Waals surface area (Å²) in [6, 6.07) is 0. The Balaban J connectivity index is 3.24. The summed E-state index contributed by atoms with van der Waals surface area (Å²) >= 11 is 0. The molecule has 0 atom stereocenters. The minimum atomic E-state index is 0.779. The lowest BCUT2D eigenvalue weighted by molar-refractivity contribution is 0.352. The van der Waals surface area contributed by atoms with Crippen LogP contribution in [0.15, 0.2) is 36.6 Å². The summed E-state index contributed by atoms with van der Waals surface area (Å²) < 4.78 is 0. The summed E-state index contributed by atoms with van der Waals surface area (Å²) in [4.78, 5) is 0. The molecule has 0 heterocycles. The Bertz CT molecular complexity index is 154. The SMILES string of the molecule is CCCCCC=CC=CC=C[O]. The van der Waals surface area contributed by atoms with Gasteiger partial charge in [-0.3, -0.25) is 5.11 Å². The maximum atomic E-state index is 9.85. The first kappa shape index (κ1) is 11.0. The van der Waals surface area contributed by atoms with Crippen LogP contribution in [0.1, 0.15) is 32.6 Å². The van der Waals surface area contributed by atoms with Crippen molar-refractivity contribution in [3.63, 3.8) is 0 Å². The average Bonchev–Trinajstić information content (AvgIpc) is 2.10. The van der Waals surface area contributed by atoms with Crippen molar-refractivity contribution in [2.24, 2.45) is 0 Å². The molecule has 0 aliphatic rings. The zero-order chi connectivity index (χ0) is 9.07. The van der Waals surface area contributed by atoms with E-state index in [4.69, 9.17) is 0 Å². The summed E-state index contributed by atoms with van der Waals surface area (Å²) in [5.74, 6) is 0. The van der Waals surface area contributed by atoms with Gasteiger partial charge in [-0.05, 0) is 18.9 Å². The zero-order valence-corrected chi connectivity index (χ0v) is 7.70. The van der Waals surface area contributed by atoms with Gasteiger partial charge in [0.15, 0.2) is 0 Å². The molecule has 67 valence electrons. The maximum Gasteiger partial charge on any atom is 0.142 e. The predicted molar refractivity (Wildman–Crippen MR) is 52.2 cm³/mol. The minimum Gasteiger partial charge on any atom is -0.299 e. The Morgan fingerprint density at radius 2 is 1.75 bits per heavy atom. The molecule has 0 aliphatic heterocycles. The van der Waals surface area contributed by atoms with Gasteiger partial charge in [-0.25, -0.2) is 0 Å². The van der Waals surface area contributed by atoms with Crippen LogP contribution in [0.25, 0.3) is 0 Å². The minimum absolute atomic E-state index is 0.779. The Hall–Kier alpha value is -0.980. The second kappa shape index (κ2) is 10.0. The van der Waals surface area contributed by atoms with E-state index < -0.39 is 0 Å². The molecule has 0 aromatic rings. The highest BCUT2D eigenvalue weighted by Gasteiger charge is 1.79. The lowest BCUT2D eigenvalue weighted by atomic mass is 10.2. The summed E-state index contributed by atoms with van der Waals surface area (Å²) in [5.41, 5.74) is 0. The van der Waals surface area contributed by atoms with E-state index in [2.05, 4.69) is 13.0 Å².